The Labute approximate surface area is 411 Å². The molecule has 0 unspecified atom stereocenters. The van der Waals surface area contributed by atoms with Gasteiger partial charge in [-0.3, -0.25) is 0 Å². The summed E-state index contributed by atoms with van der Waals surface area (Å²) >= 11 is 0. The maximum atomic E-state index is 2.63. The fraction of sp³-hybridized carbons (Fsp3) is 0.424. The first-order valence-corrected chi connectivity index (χ1v) is 26.3. The molecule has 2 fully saturated rings. The van der Waals surface area contributed by atoms with Crippen LogP contribution in [0.25, 0.3) is 21.5 Å². The third kappa shape index (κ3) is 9.77. The highest BCUT2D eigenvalue weighted by atomic mass is 15.2. The molecular formula is C66H80N2. The van der Waals surface area contributed by atoms with Gasteiger partial charge in [-0.1, -0.05) is 194 Å². The third-order valence-electron chi connectivity index (χ3n) is 15.7. The number of hydrogen-bond acceptors (Lipinski definition) is 2. The monoisotopic (exact) mass is 901 g/mol. The minimum Gasteiger partial charge on any atom is -0.309 e. The zero-order valence-corrected chi connectivity index (χ0v) is 43.8. The molecule has 7 aromatic rings. The Kier molecular flexibility index (Phi) is 13.0. The van der Waals surface area contributed by atoms with E-state index in [-0.39, 0.29) is 21.7 Å². The van der Waals surface area contributed by atoms with Crippen molar-refractivity contribution in [3.05, 3.63) is 167 Å². The normalized spacial score (nSPS) is 15.8. The summed E-state index contributed by atoms with van der Waals surface area (Å²) in [6.45, 7) is 27.8. The second kappa shape index (κ2) is 18.5. The maximum absolute atomic E-state index is 2.63. The van der Waals surface area contributed by atoms with E-state index in [4.69, 9.17) is 0 Å². The van der Waals surface area contributed by atoms with Crippen LogP contribution in [0.4, 0.5) is 34.1 Å². The molecule has 2 aliphatic rings. The molecule has 0 aliphatic heterocycles. The van der Waals surface area contributed by atoms with Crippen LogP contribution >= 0.6 is 0 Å². The lowest BCUT2D eigenvalue weighted by molar-refractivity contribution is 0.444. The summed E-state index contributed by atoms with van der Waals surface area (Å²) in [7, 11) is 0. The van der Waals surface area contributed by atoms with Gasteiger partial charge in [0, 0.05) is 44.3 Å². The lowest BCUT2D eigenvalue weighted by atomic mass is 9.81. The van der Waals surface area contributed by atoms with Gasteiger partial charge >= 0.3 is 0 Å². The van der Waals surface area contributed by atoms with Gasteiger partial charge < -0.3 is 9.80 Å². The van der Waals surface area contributed by atoms with E-state index in [0.29, 0.717) is 11.8 Å². The van der Waals surface area contributed by atoms with Crippen molar-refractivity contribution in [2.45, 2.75) is 181 Å². The van der Waals surface area contributed by atoms with Crippen molar-refractivity contribution in [3.8, 4) is 0 Å². The number of anilines is 6. The van der Waals surface area contributed by atoms with E-state index in [1.54, 1.807) is 0 Å². The SMILES string of the molecule is CC(C)(C)c1ccc(N(c2ccc(C(C)(C)C)cc2)c2c3ccc(C4CCCCC4)cc3c(N(c3ccc(C(C)(C)C)cc3)c3ccc(C(C)(C)C)cc3)c3ccc(C4CCCCC4)cc23)cc1. The summed E-state index contributed by atoms with van der Waals surface area (Å²) in [5, 5.41) is 5.19. The molecule has 2 heteroatoms. The molecule has 0 spiro atoms. The van der Waals surface area contributed by atoms with E-state index in [1.165, 1.54) is 153 Å². The average Bonchev–Trinajstić information content (AvgIpc) is 3.32. The molecule has 7 aromatic carbocycles. The van der Waals surface area contributed by atoms with Crippen molar-refractivity contribution >= 4 is 55.7 Å². The largest absolute Gasteiger partial charge is 0.309 e. The van der Waals surface area contributed by atoms with E-state index < -0.39 is 0 Å². The Hall–Kier alpha value is -5.34. The fourth-order valence-corrected chi connectivity index (χ4v) is 11.3. The van der Waals surface area contributed by atoms with Gasteiger partial charge in [0.2, 0.25) is 0 Å². The highest BCUT2D eigenvalue weighted by Crippen LogP contribution is 2.53. The lowest BCUT2D eigenvalue weighted by Gasteiger charge is -2.35. The van der Waals surface area contributed by atoms with E-state index in [1.807, 2.05) is 0 Å². The number of hydrogen-bond donors (Lipinski definition) is 0. The molecule has 0 heterocycles. The summed E-state index contributed by atoms with van der Waals surface area (Å²) in [5.74, 6) is 1.12. The van der Waals surface area contributed by atoms with Crippen molar-refractivity contribution in [2.75, 3.05) is 9.80 Å². The van der Waals surface area contributed by atoms with Crippen LogP contribution in [-0.2, 0) is 21.7 Å². The first kappa shape index (κ1) is 47.7. The molecule has 0 amide bonds. The highest BCUT2D eigenvalue weighted by Gasteiger charge is 2.30. The zero-order valence-electron chi connectivity index (χ0n) is 43.8. The number of fused-ring (bicyclic) bond motifs is 2. The van der Waals surface area contributed by atoms with Crippen molar-refractivity contribution in [2.24, 2.45) is 0 Å². The van der Waals surface area contributed by atoms with E-state index in [2.05, 4.69) is 226 Å². The first-order valence-electron chi connectivity index (χ1n) is 26.3. The Morgan fingerprint density at radius 3 is 0.779 bits per heavy atom. The molecule has 0 atom stereocenters. The predicted molar refractivity (Wildman–Crippen MR) is 297 cm³/mol. The van der Waals surface area contributed by atoms with Crippen LogP contribution in [-0.4, -0.2) is 0 Å². The summed E-state index contributed by atoms with van der Waals surface area (Å²) in [6, 6.07) is 53.3. The Bertz CT molecular complexity index is 2520. The molecule has 2 aliphatic carbocycles. The molecule has 9 rings (SSSR count). The molecule has 0 bridgehead atoms. The Morgan fingerprint density at radius 1 is 0.294 bits per heavy atom. The van der Waals surface area contributed by atoms with Crippen molar-refractivity contribution in [3.63, 3.8) is 0 Å². The van der Waals surface area contributed by atoms with Crippen molar-refractivity contribution in [1.82, 2.24) is 0 Å². The van der Waals surface area contributed by atoms with E-state index in [0.717, 1.165) is 0 Å². The van der Waals surface area contributed by atoms with Gasteiger partial charge in [-0.25, -0.2) is 0 Å². The molecule has 2 saturated carbocycles. The molecular weight excluding hydrogens is 821 g/mol. The maximum Gasteiger partial charge on any atom is 0.0620 e. The molecule has 2 nitrogen and oxygen atoms in total. The summed E-state index contributed by atoms with van der Waals surface area (Å²) in [6.07, 6.45) is 12.9. The summed E-state index contributed by atoms with van der Waals surface area (Å²) in [4.78, 5) is 5.22. The lowest BCUT2D eigenvalue weighted by Crippen LogP contribution is -2.17. The summed E-state index contributed by atoms with van der Waals surface area (Å²) < 4.78 is 0. The second-order valence-electron chi connectivity index (χ2n) is 24.8. The van der Waals surface area contributed by atoms with Crippen LogP contribution in [0.15, 0.2) is 133 Å². The highest BCUT2D eigenvalue weighted by molar-refractivity contribution is 6.23. The van der Waals surface area contributed by atoms with Gasteiger partial charge in [-0.05, 0) is 153 Å². The van der Waals surface area contributed by atoms with E-state index in [9.17, 15) is 0 Å². The van der Waals surface area contributed by atoms with Gasteiger partial charge in [0.1, 0.15) is 0 Å². The van der Waals surface area contributed by atoms with Gasteiger partial charge in [-0.15, -0.1) is 0 Å². The quantitative estimate of drug-likeness (QED) is 0.111. The zero-order chi connectivity index (χ0) is 48.2. The Balaban J connectivity index is 1.42. The van der Waals surface area contributed by atoms with Gasteiger partial charge in [0.15, 0.2) is 0 Å². The van der Waals surface area contributed by atoms with Crippen molar-refractivity contribution in [1.29, 1.82) is 0 Å². The molecule has 0 radical (unpaired) electrons. The minimum atomic E-state index is 0.0444. The number of rotatable bonds is 8. The van der Waals surface area contributed by atoms with Gasteiger partial charge in [0.25, 0.3) is 0 Å². The average molecular weight is 901 g/mol. The fourth-order valence-electron chi connectivity index (χ4n) is 11.3. The number of benzene rings is 7. The molecule has 68 heavy (non-hydrogen) atoms. The summed E-state index contributed by atoms with van der Waals surface area (Å²) in [5.41, 5.74) is 15.8. The topological polar surface area (TPSA) is 6.48 Å². The van der Waals surface area contributed by atoms with Crippen LogP contribution in [0, 0.1) is 0 Å². The third-order valence-corrected chi connectivity index (χ3v) is 15.7. The molecule has 0 saturated heterocycles. The van der Waals surface area contributed by atoms with Crippen LogP contribution in [0.1, 0.15) is 193 Å². The molecule has 0 N–H and O–H groups in total. The predicted octanol–water partition coefficient (Wildman–Crippen LogP) is 20.2. The molecule has 0 aromatic heterocycles. The van der Waals surface area contributed by atoms with Crippen LogP contribution < -0.4 is 9.80 Å². The minimum absolute atomic E-state index is 0.0444. The van der Waals surface area contributed by atoms with Gasteiger partial charge in [0.05, 0.1) is 11.4 Å². The molecule has 354 valence electrons. The van der Waals surface area contributed by atoms with Gasteiger partial charge in [-0.2, -0.15) is 0 Å². The van der Waals surface area contributed by atoms with Crippen LogP contribution in [0.3, 0.4) is 0 Å². The second-order valence-corrected chi connectivity index (χ2v) is 24.8. The smallest absolute Gasteiger partial charge is 0.0620 e. The van der Waals surface area contributed by atoms with Crippen LogP contribution in [0.2, 0.25) is 0 Å². The number of nitrogens with zero attached hydrogens (tertiary/aromatic N) is 2. The Morgan fingerprint density at radius 2 is 0.544 bits per heavy atom. The van der Waals surface area contributed by atoms with Crippen LogP contribution in [0.5, 0.6) is 0 Å². The standard InChI is InChI=1S/C66H80N2/c1-63(2,3)49-25-33-53(34-26-49)67(54-35-27-50(28-36-54)64(4,5)6)61-57-41-23-48(46-21-17-14-18-22-46)44-60(57)62(58-42-24-47(43-59(58)61)45-19-15-13-16-20-45)68(55-37-29-51(30-38-55)65(7,8)9)56-39-31-52(32-40-56)66(10,11)12/h23-46H,13-22H2,1-12H3. The first-order chi connectivity index (χ1) is 32.3. The van der Waals surface area contributed by atoms with E-state index >= 15 is 0 Å². The van der Waals surface area contributed by atoms with Crippen molar-refractivity contribution < 1.29 is 0 Å².